The third kappa shape index (κ3) is 3.34. The molecule has 0 unspecified atom stereocenters. The van der Waals surface area contributed by atoms with Crippen LogP contribution in [0.2, 0.25) is 0 Å². The molecule has 3 rings (SSSR count). The predicted octanol–water partition coefficient (Wildman–Crippen LogP) is 1.72. The van der Waals surface area contributed by atoms with Crippen molar-refractivity contribution >= 4 is 11.9 Å². The number of hydrogen-bond acceptors (Lipinski definition) is 5. The van der Waals surface area contributed by atoms with Gasteiger partial charge in [0.1, 0.15) is 5.69 Å². The van der Waals surface area contributed by atoms with Crippen LogP contribution in [0.5, 0.6) is 0 Å². The minimum absolute atomic E-state index is 0.0178. The van der Waals surface area contributed by atoms with E-state index in [9.17, 15) is 4.79 Å². The topological polar surface area (TPSA) is 71.0 Å². The fraction of sp³-hybridized carbons (Fsp3) is 0.333. The summed E-state index contributed by atoms with van der Waals surface area (Å²) in [6.45, 7) is 2.17. The molecule has 1 aliphatic heterocycles. The summed E-state index contributed by atoms with van der Waals surface area (Å²) in [4.78, 5) is 26.8. The summed E-state index contributed by atoms with van der Waals surface area (Å²) in [5, 5.41) is 3.09. The normalized spacial score (nSPS) is 14.2. The smallest absolute Gasteiger partial charge is 0.272 e. The summed E-state index contributed by atoms with van der Waals surface area (Å²) in [5.41, 5.74) is 1.34. The Morgan fingerprint density at radius 2 is 2.00 bits per heavy atom. The molecular formula is C15H17N5O. The molecule has 0 saturated carbocycles. The van der Waals surface area contributed by atoms with Gasteiger partial charge in [-0.1, -0.05) is 6.07 Å². The largest absolute Gasteiger partial charge is 0.349 e. The molecule has 0 spiro atoms. The third-order valence-corrected chi connectivity index (χ3v) is 3.42. The molecule has 0 aromatic carbocycles. The Labute approximate surface area is 123 Å². The Morgan fingerprint density at radius 3 is 2.76 bits per heavy atom. The number of hydrogen-bond donors (Lipinski definition) is 1. The average molecular weight is 283 g/mol. The maximum absolute atomic E-state index is 12.3. The van der Waals surface area contributed by atoms with Crippen molar-refractivity contribution in [3.63, 3.8) is 0 Å². The predicted molar refractivity (Wildman–Crippen MR) is 78.7 cm³/mol. The van der Waals surface area contributed by atoms with E-state index in [4.69, 9.17) is 0 Å². The maximum atomic E-state index is 12.3. The minimum Gasteiger partial charge on any atom is -0.349 e. The van der Waals surface area contributed by atoms with Crippen LogP contribution >= 0.6 is 0 Å². The molecule has 0 bridgehead atoms. The molecule has 2 aromatic rings. The second kappa shape index (κ2) is 6.30. The molecule has 6 nitrogen and oxygen atoms in total. The first-order chi connectivity index (χ1) is 10.3. The summed E-state index contributed by atoms with van der Waals surface area (Å²) in [5.74, 6) is 0.432. The van der Waals surface area contributed by atoms with E-state index in [1.165, 1.54) is 0 Å². The number of pyridine rings is 1. The lowest BCUT2D eigenvalue weighted by molar-refractivity contribution is 0.0787. The average Bonchev–Trinajstić information content (AvgIpc) is 3.08. The Hall–Kier alpha value is -2.50. The van der Waals surface area contributed by atoms with Crippen LogP contribution in [0.25, 0.3) is 0 Å². The van der Waals surface area contributed by atoms with Gasteiger partial charge in [-0.25, -0.2) is 9.97 Å². The van der Waals surface area contributed by atoms with Crippen molar-refractivity contribution in [2.24, 2.45) is 0 Å². The van der Waals surface area contributed by atoms with Gasteiger partial charge in [-0.2, -0.15) is 0 Å². The number of carbonyl (C=O) groups is 1. The van der Waals surface area contributed by atoms with E-state index in [0.717, 1.165) is 31.6 Å². The number of carbonyl (C=O) groups excluding carboxylic acids is 1. The molecule has 21 heavy (non-hydrogen) atoms. The lowest BCUT2D eigenvalue weighted by atomic mass is 10.3. The highest BCUT2D eigenvalue weighted by molar-refractivity contribution is 5.92. The molecule has 0 atom stereocenters. The van der Waals surface area contributed by atoms with Crippen LogP contribution in [-0.2, 0) is 6.54 Å². The number of nitrogens with one attached hydrogen (secondary N) is 1. The van der Waals surface area contributed by atoms with Crippen molar-refractivity contribution in [2.45, 2.75) is 19.4 Å². The van der Waals surface area contributed by atoms with Crippen molar-refractivity contribution in [1.29, 1.82) is 0 Å². The first-order valence-corrected chi connectivity index (χ1v) is 7.09. The summed E-state index contributed by atoms with van der Waals surface area (Å²) in [6.07, 6.45) is 5.49. The highest BCUT2D eigenvalue weighted by Gasteiger charge is 2.20. The maximum Gasteiger partial charge on any atom is 0.272 e. The molecule has 1 amide bonds. The lowest BCUT2D eigenvalue weighted by Gasteiger charge is -2.14. The van der Waals surface area contributed by atoms with Gasteiger partial charge in [0.05, 0.1) is 12.2 Å². The van der Waals surface area contributed by atoms with E-state index in [1.807, 2.05) is 23.1 Å². The molecule has 2 aromatic heterocycles. The summed E-state index contributed by atoms with van der Waals surface area (Å²) in [6, 6.07) is 7.38. The molecule has 0 aliphatic carbocycles. The van der Waals surface area contributed by atoms with Gasteiger partial charge in [-0.15, -0.1) is 0 Å². The number of amides is 1. The van der Waals surface area contributed by atoms with Crippen LogP contribution in [0.3, 0.4) is 0 Å². The molecule has 0 radical (unpaired) electrons. The summed E-state index contributed by atoms with van der Waals surface area (Å²) < 4.78 is 0. The quantitative estimate of drug-likeness (QED) is 0.925. The highest BCUT2D eigenvalue weighted by atomic mass is 16.2. The SMILES string of the molecule is O=C(c1ccnc(NCc2ccccn2)n1)N1CCCC1. The van der Waals surface area contributed by atoms with E-state index in [2.05, 4.69) is 20.3 Å². The minimum atomic E-state index is -0.0178. The molecule has 1 aliphatic rings. The van der Waals surface area contributed by atoms with E-state index in [1.54, 1.807) is 18.5 Å². The molecule has 6 heteroatoms. The van der Waals surface area contributed by atoms with E-state index in [0.29, 0.717) is 18.2 Å². The number of rotatable bonds is 4. The molecule has 3 heterocycles. The fourth-order valence-electron chi connectivity index (χ4n) is 2.32. The standard InChI is InChI=1S/C15H17N5O/c21-14(20-9-3-4-10-20)13-6-8-17-15(19-13)18-11-12-5-1-2-7-16-12/h1-2,5-8H,3-4,9-11H2,(H,17,18,19). The van der Waals surface area contributed by atoms with Gasteiger partial charge in [-0.3, -0.25) is 9.78 Å². The van der Waals surface area contributed by atoms with Gasteiger partial charge >= 0.3 is 0 Å². The van der Waals surface area contributed by atoms with E-state index >= 15 is 0 Å². The number of nitrogens with zero attached hydrogens (tertiary/aromatic N) is 4. The molecule has 1 saturated heterocycles. The Morgan fingerprint density at radius 1 is 1.14 bits per heavy atom. The van der Waals surface area contributed by atoms with Crippen molar-refractivity contribution in [1.82, 2.24) is 19.9 Å². The van der Waals surface area contributed by atoms with Gasteiger partial charge in [0.15, 0.2) is 0 Å². The summed E-state index contributed by atoms with van der Waals surface area (Å²) >= 11 is 0. The van der Waals surface area contributed by atoms with Crippen LogP contribution < -0.4 is 5.32 Å². The van der Waals surface area contributed by atoms with Crippen LogP contribution in [0.1, 0.15) is 29.0 Å². The van der Waals surface area contributed by atoms with Crippen molar-refractivity contribution in [3.05, 3.63) is 48.0 Å². The Balaban J connectivity index is 1.66. The molecule has 1 N–H and O–H groups in total. The van der Waals surface area contributed by atoms with Crippen molar-refractivity contribution in [2.75, 3.05) is 18.4 Å². The third-order valence-electron chi connectivity index (χ3n) is 3.42. The molecule has 108 valence electrons. The first-order valence-electron chi connectivity index (χ1n) is 7.09. The molecular weight excluding hydrogens is 266 g/mol. The Kier molecular flexibility index (Phi) is 4.04. The van der Waals surface area contributed by atoms with Gasteiger partial charge in [0.2, 0.25) is 5.95 Å². The van der Waals surface area contributed by atoms with E-state index in [-0.39, 0.29) is 5.91 Å². The first kappa shape index (κ1) is 13.5. The molecule has 1 fully saturated rings. The van der Waals surface area contributed by atoms with E-state index < -0.39 is 0 Å². The fourth-order valence-corrected chi connectivity index (χ4v) is 2.32. The van der Waals surface area contributed by atoms with Crippen molar-refractivity contribution in [3.8, 4) is 0 Å². The van der Waals surface area contributed by atoms with Crippen LogP contribution in [0, 0.1) is 0 Å². The zero-order valence-electron chi connectivity index (χ0n) is 11.7. The number of likely N-dealkylation sites (tertiary alicyclic amines) is 1. The number of anilines is 1. The van der Waals surface area contributed by atoms with Gasteiger partial charge in [0.25, 0.3) is 5.91 Å². The van der Waals surface area contributed by atoms with Crippen molar-refractivity contribution < 1.29 is 4.79 Å². The summed E-state index contributed by atoms with van der Waals surface area (Å²) in [7, 11) is 0. The van der Waals surface area contributed by atoms with Crippen LogP contribution in [0.4, 0.5) is 5.95 Å². The zero-order chi connectivity index (χ0) is 14.5. The zero-order valence-corrected chi connectivity index (χ0v) is 11.7. The number of aromatic nitrogens is 3. The Bertz CT molecular complexity index is 610. The lowest BCUT2D eigenvalue weighted by Crippen LogP contribution is -2.28. The van der Waals surface area contributed by atoms with Gasteiger partial charge in [0, 0.05) is 25.5 Å². The van der Waals surface area contributed by atoms with Gasteiger partial charge in [-0.05, 0) is 31.0 Å². The second-order valence-corrected chi connectivity index (χ2v) is 4.94. The van der Waals surface area contributed by atoms with Crippen LogP contribution in [0.15, 0.2) is 36.7 Å². The van der Waals surface area contributed by atoms with Crippen LogP contribution in [-0.4, -0.2) is 38.8 Å². The second-order valence-electron chi connectivity index (χ2n) is 4.94. The monoisotopic (exact) mass is 283 g/mol. The highest BCUT2D eigenvalue weighted by Crippen LogP contribution is 2.12. The van der Waals surface area contributed by atoms with Gasteiger partial charge < -0.3 is 10.2 Å².